The first-order chi connectivity index (χ1) is 9.22. The highest BCUT2D eigenvalue weighted by Gasteiger charge is 2.09. The van der Waals surface area contributed by atoms with Gasteiger partial charge in [-0.15, -0.1) is 0 Å². The number of oxazole rings is 1. The highest BCUT2D eigenvalue weighted by molar-refractivity contribution is 6.31. The summed E-state index contributed by atoms with van der Waals surface area (Å²) in [6.45, 7) is 0. The third-order valence-corrected chi connectivity index (χ3v) is 2.95. The van der Waals surface area contributed by atoms with Gasteiger partial charge in [0.05, 0.1) is 6.20 Å². The van der Waals surface area contributed by atoms with Crippen LogP contribution in [0.3, 0.4) is 0 Å². The van der Waals surface area contributed by atoms with Gasteiger partial charge in [-0.1, -0.05) is 41.9 Å². The topological polar surface area (TPSA) is 52.0 Å². The van der Waals surface area contributed by atoms with Crippen molar-refractivity contribution in [3.63, 3.8) is 0 Å². The van der Waals surface area contributed by atoms with Gasteiger partial charge in [0.2, 0.25) is 5.89 Å². The minimum Gasteiger partial charge on any atom is -0.436 e. The highest BCUT2D eigenvalue weighted by atomic mass is 35.5. The Hall–Kier alpha value is -2.26. The van der Waals surface area contributed by atoms with Crippen LogP contribution in [0, 0.1) is 0 Å². The van der Waals surface area contributed by atoms with Crippen molar-refractivity contribution < 1.29 is 4.42 Å². The molecule has 2 N–H and O–H groups in total. The molecule has 94 valence electrons. The summed E-state index contributed by atoms with van der Waals surface area (Å²) in [5.74, 6) is 1.22. The highest BCUT2D eigenvalue weighted by Crippen LogP contribution is 2.28. The molecule has 0 aliphatic rings. The Kier molecular flexibility index (Phi) is 2.97. The van der Waals surface area contributed by atoms with Crippen LogP contribution in [-0.2, 0) is 0 Å². The first kappa shape index (κ1) is 11.8. The summed E-state index contributed by atoms with van der Waals surface area (Å²) in [5.41, 5.74) is 8.10. The van der Waals surface area contributed by atoms with Crippen molar-refractivity contribution in [2.75, 3.05) is 5.73 Å². The molecule has 0 bridgehead atoms. The lowest BCUT2D eigenvalue weighted by atomic mass is 10.2. The van der Waals surface area contributed by atoms with Crippen LogP contribution < -0.4 is 5.73 Å². The van der Waals surface area contributed by atoms with E-state index in [0.29, 0.717) is 22.4 Å². The zero-order chi connectivity index (χ0) is 13.2. The van der Waals surface area contributed by atoms with Gasteiger partial charge in [-0.2, -0.15) is 0 Å². The van der Waals surface area contributed by atoms with Crippen molar-refractivity contribution in [2.45, 2.75) is 0 Å². The number of benzene rings is 2. The molecule has 19 heavy (non-hydrogen) atoms. The molecule has 1 heterocycles. The third-order valence-electron chi connectivity index (χ3n) is 2.73. The standard InChI is InChI=1S/C15H11ClN2O/c16-12-6-11(7-13(17)8-12)15-18-9-14(19-15)10-4-2-1-3-5-10/h1-9H,17H2. The minimum absolute atomic E-state index is 0.507. The lowest BCUT2D eigenvalue weighted by Crippen LogP contribution is -1.86. The Morgan fingerprint density at radius 3 is 2.53 bits per heavy atom. The molecular formula is C15H11ClN2O. The maximum Gasteiger partial charge on any atom is 0.226 e. The van der Waals surface area contributed by atoms with Crippen molar-refractivity contribution in [2.24, 2.45) is 0 Å². The Balaban J connectivity index is 2.02. The predicted octanol–water partition coefficient (Wildman–Crippen LogP) is 4.24. The van der Waals surface area contributed by atoms with Gasteiger partial charge in [-0.25, -0.2) is 4.98 Å². The summed E-state index contributed by atoms with van der Waals surface area (Å²) in [6.07, 6.45) is 1.70. The maximum atomic E-state index is 5.97. The van der Waals surface area contributed by atoms with Gasteiger partial charge in [0.1, 0.15) is 0 Å². The third kappa shape index (κ3) is 2.46. The zero-order valence-electron chi connectivity index (χ0n) is 10.0. The lowest BCUT2D eigenvalue weighted by molar-refractivity contribution is 0.589. The molecule has 0 spiro atoms. The van der Waals surface area contributed by atoms with Crippen LogP contribution >= 0.6 is 11.6 Å². The first-order valence-electron chi connectivity index (χ1n) is 5.80. The van der Waals surface area contributed by atoms with Gasteiger partial charge >= 0.3 is 0 Å². The second-order valence-corrected chi connectivity index (χ2v) is 4.61. The smallest absolute Gasteiger partial charge is 0.226 e. The van der Waals surface area contributed by atoms with Gasteiger partial charge in [0.25, 0.3) is 0 Å². The molecule has 0 aliphatic heterocycles. The van der Waals surface area contributed by atoms with Gasteiger partial charge in [0.15, 0.2) is 5.76 Å². The number of hydrogen-bond donors (Lipinski definition) is 1. The molecule has 0 amide bonds. The largest absolute Gasteiger partial charge is 0.436 e. The van der Waals surface area contributed by atoms with Crippen LogP contribution in [0.25, 0.3) is 22.8 Å². The van der Waals surface area contributed by atoms with E-state index in [2.05, 4.69) is 4.98 Å². The number of halogens is 1. The number of aromatic nitrogens is 1. The quantitative estimate of drug-likeness (QED) is 0.709. The van der Waals surface area contributed by atoms with Crippen LogP contribution in [0.4, 0.5) is 5.69 Å². The number of hydrogen-bond acceptors (Lipinski definition) is 3. The van der Waals surface area contributed by atoms with E-state index >= 15 is 0 Å². The summed E-state index contributed by atoms with van der Waals surface area (Å²) in [6, 6.07) is 15.0. The van der Waals surface area contributed by atoms with Crippen LogP contribution in [0.5, 0.6) is 0 Å². The average molecular weight is 271 g/mol. The SMILES string of the molecule is Nc1cc(Cl)cc(-c2ncc(-c3ccccc3)o2)c1. The Bertz CT molecular complexity index is 687. The Labute approximate surface area is 115 Å². The van der Waals surface area contributed by atoms with Crippen molar-refractivity contribution in [3.05, 3.63) is 59.8 Å². The van der Waals surface area contributed by atoms with Crippen LogP contribution in [0.15, 0.2) is 59.1 Å². The number of nitrogen functional groups attached to an aromatic ring is 1. The summed E-state index contributed by atoms with van der Waals surface area (Å²) in [5, 5.41) is 0.564. The van der Waals surface area contributed by atoms with Crippen LogP contribution in [-0.4, -0.2) is 4.98 Å². The number of nitrogens with zero attached hydrogens (tertiary/aromatic N) is 1. The fourth-order valence-corrected chi connectivity index (χ4v) is 2.12. The average Bonchev–Trinajstić information content (AvgIpc) is 2.88. The molecule has 2 aromatic carbocycles. The molecule has 1 aromatic heterocycles. The molecule has 3 nitrogen and oxygen atoms in total. The second-order valence-electron chi connectivity index (χ2n) is 4.17. The van der Waals surface area contributed by atoms with E-state index in [0.717, 1.165) is 11.1 Å². The molecule has 0 fully saturated rings. The van der Waals surface area contributed by atoms with E-state index in [1.165, 1.54) is 0 Å². The molecule has 0 aliphatic carbocycles. The Morgan fingerprint density at radius 2 is 1.79 bits per heavy atom. The predicted molar refractivity (Wildman–Crippen MR) is 76.8 cm³/mol. The molecule has 0 atom stereocenters. The van der Waals surface area contributed by atoms with Gasteiger partial charge in [-0.3, -0.25) is 0 Å². The lowest BCUT2D eigenvalue weighted by Gasteiger charge is -2.00. The van der Waals surface area contributed by atoms with Crippen LogP contribution in [0.2, 0.25) is 5.02 Å². The number of nitrogens with two attached hydrogens (primary N) is 1. The normalized spacial score (nSPS) is 10.6. The van der Waals surface area contributed by atoms with E-state index in [1.807, 2.05) is 30.3 Å². The zero-order valence-corrected chi connectivity index (χ0v) is 10.8. The van der Waals surface area contributed by atoms with Crippen molar-refractivity contribution in [3.8, 4) is 22.8 Å². The van der Waals surface area contributed by atoms with Gasteiger partial charge in [0, 0.05) is 21.8 Å². The molecule has 3 rings (SSSR count). The fourth-order valence-electron chi connectivity index (χ4n) is 1.88. The van der Waals surface area contributed by atoms with E-state index in [1.54, 1.807) is 24.4 Å². The summed E-state index contributed by atoms with van der Waals surface area (Å²) < 4.78 is 5.74. The molecule has 0 unspecified atom stereocenters. The Morgan fingerprint density at radius 1 is 1.00 bits per heavy atom. The van der Waals surface area contributed by atoms with Crippen molar-refractivity contribution in [1.29, 1.82) is 0 Å². The summed E-state index contributed by atoms with van der Waals surface area (Å²) in [7, 11) is 0. The summed E-state index contributed by atoms with van der Waals surface area (Å²) >= 11 is 5.97. The van der Waals surface area contributed by atoms with E-state index in [-0.39, 0.29) is 0 Å². The molecule has 0 radical (unpaired) electrons. The molecule has 0 saturated heterocycles. The molecule has 3 aromatic rings. The maximum absolute atomic E-state index is 5.97. The molecule has 4 heteroatoms. The first-order valence-corrected chi connectivity index (χ1v) is 6.18. The molecule has 0 saturated carbocycles. The van der Waals surface area contributed by atoms with Gasteiger partial charge < -0.3 is 10.2 Å². The molecular weight excluding hydrogens is 260 g/mol. The fraction of sp³-hybridized carbons (Fsp3) is 0. The van der Waals surface area contributed by atoms with Crippen molar-refractivity contribution in [1.82, 2.24) is 4.98 Å². The number of rotatable bonds is 2. The van der Waals surface area contributed by atoms with E-state index in [4.69, 9.17) is 21.8 Å². The summed E-state index contributed by atoms with van der Waals surface area (Å²) in [4.78, 5) is 4.26. The second kappa shape index (κ2) is 4.78. The van der Waals surface area contributed by atoms with E-state index in [9.17, 15) is 0 Å². The number of anilines is 1. The van der Waals surface area contributed by atoms with Crippen LogP contribution in [0.1, 0.15) is 0 Å². The van der Waals surface area contributed by atoms with E-state index < -0.39 is 0 Å². The van der Waals surface area contributed by atoms with Crippen molar-refractivity contribution >= 4 is 17.3 Å². The van der Waals surface area contributed by atoms with Gasteiger partial charge in [-0.05, 0) is 18.2 Å². The monoisotopic (exact) mass is 270 g/mol. The minimum atomic E-state index is 0.507.